The third-order valence-electron chi connectivity index (χ3n) is 8.87. The van der Waals surface area contributed by atoms with Crippen LogP contribution in [0.4, 0.5) is 20.3 Å². The second-order valence-electron chi connectivity index (χ2n) is 13.0. The molecule has 6 rings (SSSR count). The van der Waals surface area contributed by atoms with Gasteiger partial charge in [-0.25, -0.2) is 27.0 Å². The zero-order valence-corrected chi connectivity index (χ0v) is 28.3. The van der Waals surface area contributed by atoms with Crippen molar-refractivity contribution in [1.82, 2.24) is 24.4 Å². The van der Waals surface area contributed by atoms with E-state index in [1.165, 1.54) is 19.1 Å². The van der Waals surface area contributed by atoms with Crippen molar-refractivity contribution < 1.29 is 41.1 Å². The van der Waals surface area contributed by atoms with Crippen LogP contribution < -0.4 is 16.0 Å². The number of primary amides is 1. The quantitative estimate of drug-likeness (QED) is 0.209. The molecular weight excluding hydrogens is 678 g/mol. The van der Waals surface area contributed by atoms with Gasteiger partial charge in [-0.15, -0.1) is 0 Å². The summed E-state index contributed by atoms with van der Waals surface area (Å²) >= 11 is 0. The zero-order valence-electron chi connectivity index (χ0n) is 27.5. The minimum Gasteiger partial charge on any atom is -0.475 e. The molecule has 0 unspecified atom stereocenters. The molecule has 18 heteroatoms. The predicted octanol–water partition coefficient (Wildman–Crippen LogP) is 2.93. The SMILES string of the molecule is Cc1nc(-c2cc(C(=O)Nc3n[nH]c4c3CN(S(=O)(=O)c3cc(F)cc(F)c3)CC4(C)C)c(C(N)=O)cc2N2CCN(C)CC2)oc1C(=O)O. The summed E-state index contributed by atoms with van der Waals surface area (Å²) < 4.78 is 61.8. The van der Waals surface area contributed by atoms with E-state index in [9.17, 15) is 36.7 Å². The molecule has 4 aromatic rings. The van der Waals surface area contributed by atoms with E-state index in [4.69, 9.17) is 10.2 Å². The number of carboxylic acid groups (broad SMARTS) is 1. The summed E-state index contributed by atoms with van der Waals surface area (Å²) in [5.41, 5.74) is 6.15. The number of amides is 2. The van der Waals surface area contributed by atoms with Gasteiger partial charge >= 0.3 is 5.97 Å². The molecule has 1 saturated heterocycles. The fourth-order valence-electron chi connectivity index (χ4n) is 6.28. The number of benzene rings is 2. The highest BCUT2D eigenvalue weighted by atomic mass is 32.2. The number of piperazine rings is 1. The molecule has 5 N–H and O–H groups in total. The van der Waals surface area contributed by atoms with Crippen LogP contribution in [-0.2, 0) is 22.0 Å². The Morgan fingerprint density at radius 3 is 2.30 bits per heavy atom. The number of hydrogen-bond donors (Lipinski definition) is 4. The number of likely N-dealkylation sites (N-methyl/N-ethyl adjacent to an activating group) is 1. The smallest absolute Gasteiger partial charge is 0.373 e. The Kier molecular flexibility index (Phi) is 8.73. The van der Waals surface area contributed by atoms with Crippen molar-refractivity contribution in [2.24, 2.45) is 5.73 Å². The summed E-state index contributed by atoms with van der Waals surface area (Å²) in [7, 11) is -2.45. The molecule has 50 heavy (non-hydrogen) atoms. The number of nitrogens with two attached hydrogens (primary N) is 1. The first-order chi connectivity index (χ1) is 23.5. The predicted molar refractivity (Wildman–Crippen MR) is 175 cm³/mol. The number of H-pyrrole nitrogens is 1. The van der Waals surface area contributed by atoms with Gasteiger partial charge in [-0.3, -0.25) is 14.7 Å². The topological polar surface area (TPSA) is 208 Å². The van der Waals surface area contributed by atoms with Gasteiger partial charge in [0.05, 0.1) is 33.0 Å². The van der Waals surface area contributed by atoms with Crippen molar-refractivity contribution in [1.29, 1.82) is 0 Å². The first-order valence-corrected chi connectivity index (χ1v) is 16.9. The Balaban J connectivity index is 1.40. The number of sulfonamides is 1. The first-order valence-electron chi connectivity index (χ1n) is 15.4. The van der Waals surface area contributed by atoms with E-state index in [1.54, 1.807) is 13.8 Å². The maximum absolute atomic E-state index is 14.0. The summed E-state index contributed by atoms with van der Waals surface area (Å²) in [5.74, 6) is -5.74. The molecule has 4 heterocycles. The minimum atomic E-state index is -4.41. The van der Waals surface area contributed by atoms with E-state index in [0.717, 1.165) is 16.4 Å². The van der Waals surface area contributed by atoms with Crippen molar-refractivity contribution >= 4 is 39.3 Å². The number of rotatable bonds is 8. The Hall–Kier alpha value is -5.20. The Bertz CT molecular complexity index is 2140. The number of carbonyl (C=O) groups is 3. The van der Waals surface area contributed by atoms with Crippen LogP contribution in [0.25, 0.3) is 11.5 Å². The summed E-state index contributed by atoms with van der Waals surface area (Å²) in [5, 5.41) is 19.4. The van der Waals surface area contributed by atoms with Crippen molar-refractivity contribution in [3.63, 3.8) is 0 Å². The number of aromatic amines is 1. The van der Waals surface area contributed by atoms with E-state index < -0.39 is 49.8 Å². The average Bonchev–Trinajstić information content (AvgIpc) is 3.64. The van der Waals surface area contributed by atoms with Crippen LogP contribution in [0, 0.1) is 18.6 Å². The summed E-state index contributed by atoms with van der Waals surface area (Å²) in [4.78, 5) is 46.4. The van der Waals surface area contributed by atoms with E-state index in [1.807, 2.05) is 11.9 Å². The fraction of sp³-hybridized carbons (Fsp3) is 0.344. The zero-order chi connectivity index (χ0) is 36.3. The molecule has 0 atom stereocenters. The standard InChI is InChI=1S/C32H34F2N8O7S/c1-16-25(31(45)46)49-30(36-16)22-12-21(20(27(35)43)13-24(22)41-7-5-40(4)6-8-41)29(44)37-28-23-14-42(15-32(2,3)26(23)38-39-28)50(47,48)19-10-17(33)9-18(34)11-19/h9-13H,5-8,14-15H2,1-4H3,(H2,35,43)(H,45,46)(H2,37,38,39,44). The fourth-order valence-corrected chi connectivity index (χ4v) is 7.89. The molecule has 0 saturated carbocycles. The number of halogens is 2. The highest BCUT2D eigenvalue weighted by molar-refractivity contribution is 7.89. The highest BCUT2D eigenvalue weighted by Crippen LogP contribution is 2.39. The molecular formula is C32H34F2N8O7S. The third kappa shape index (κ3) is 6.32. The Morgan fingerprint density at radius 2 is 1.70 bits per heavy atom. The number of carbonyl (C=O) groups excluding carboxylic acids is 2. The number of aromatic carboxylic acids is 1. The molecule has 2 amide bonds. The molecule has 0 aliphatic carbocycles. The van der Waals surface area contributed by atoms with E-state index >= 15 is 0 Å². The number of nitrogens with one attached hydrogen (secondary N) is 2. The second-order valence-corrected chi connectivity index (χ2v) is 14.9. The van der Waals surface area contributed by atoms with E-state index in [-0.39, 0.29) is 52.9 Å². The van der Waals surface area contributed by atoms with Gasteiger partial charge < -0.3 is 30.4 Å². The largest absolute Gasteiger partial charge is 0.475 e. The van der Waals surface area contributed by atoms with Crippen LogP contribution in [0.15, 0.2) is 39.6 Å². The molecule has 0 bridgehead atoms. The summed E-state index contributed by atoms with van der Waals surface area (Å²) in [6.45, 7) is 6.99. The van der Waals surface area contributed by atoms with Gasteiger partial charge in [0, 0.05) is 62.0 Å². The lowest BCUT2D eigenvalue weighted by atomic mass is 9.84. The molecule has 1 fully saturated rings. The maximum Gasteiger partial charge on any atom is 0.373 e. The molecule has 2 aromatic heterocycles. The van der Waals surface area contributed by atoms with Gasteiger partial charge in [-0.1, -0.05) is 13.8 Å². The van der Waals surface area contributed by atoms with Gasteiger partial charge in [0.15, 0.2) is 5.82 Å². The van der Waals surface area contributed by atoms with Crippen LogP contribution in [-0.4, -0.2) is 95.5 Å². The maximum atomic E-state index is 14.0. The van der Waals surface area contributed by atoms with Gasteiger partial charge in [-0.05, 0) is 38.2 Å². The number of anilines is 2. The molecule has 2 aromatic carbocycles. The molecule has 0 spiro atoms. The van der Waals surface area contributed by atoms with Crippen molar-refractivity contribution in [3.8, 4) is 11.5 Å². The molecule has 264 valence electrons. The monoisotopic (exact) mass is 712 g/mol. The van der Waals surface area contributed by atoms with Gasteiger partial charge in [0.1, 0.15) is 11.6 Å². The Labute approximate surface area is 285 Å². The van der Waals surface area contributed by atoms with Crippen LogP contribution in [0.2, 0.25) is 0 Å². The van der Waals surface area contributed by atoms with Crippen LogP contribution in [0.3, 0.4) is 0 Å². The second kappa shape index (κ2) is 12.6. The number of aryl methyl sites for hydroxylation is 1. The molecule has 2 aliphatic heterocycles. The number of hydrogen-bond acceptors (Lipinski definition) is 10. The third-order valence-corrected chi connectivity index (χ3v) is 10.6. The van der Waals surface area contributed by atoms with Crippen LogP contribution in [0.5, 0.6) is 0 Å². The molecule has 2 aliphatic rings. The summed E-state index contributed by atoms with van der Waals surface area (Å²) in [6, 6.07) is 4.80. The minimum absolute atomic E-state index is 0.0522. The van der Waals surface area contributed by atoms with Crippen molar-refractivity contribution in [2.45, 2.75) is 37.6 Å². The number of fused-ring (bicyclic) bond motifs is 1. The van der Waals surface area contributed by atoms with Gasteiger partial charge in [0.2, 0.25) is 27.6 Å². The van der Waals surface area contributed by atoms with Crippen molar-refractivity contribution in [3.05, 3.63) is 75.8 Å². The Morgan fingerprint density at radius 1 is 1.04 bits per heavy atom. The molecule has 0 radical (unpaired) electrons. The van der Waals surface area contributed by atoms with Gasteiger partial charge in [0.25, 0.3) is 5.91 Å². The lowest BCUT2D eigenvalue weighted by Crippen LogP contribution is -2.45. The number of carboxylic acids is 1. The van der Waals surface area contributed by atoms with E-state index in [2.05, 4.69) is 25.4 Å². The van der Waals surface area contributed by atoms with Gasteiger partial charge in [-0.2, -0.15) is 9.40 Å². The van der Waals surface area contributed by atoms with Crippen LogP contribution >= 0.6 is 0 Å². The van der Waals surface area contributed by atoms with E-state index in [0.29, 0.717) is 49.2 Å². The van der Waals surface area contributed by atoms with Crippen LogP contribution in [0.1, 0.15) is 62.1 Å². The lowest BCUT2D eigenvalue weighted by Gasteiger charge is -2.37. The average molecular weight is 713 g/mol. The number of nitrogens with zero attached hydrogens (tertiary/aromatic N) is 5. The highest BCUT2D eigenvalue weighted by Gasteiger charge is 2.41. The normalized spacial score (nSPS) is 16.6. The first kappa shape index (κ1) is 34.7. The molecule has 15 nitrogen and oxygen atoms in total. The lowest BCUT2D eigenvalue weighted by molar-refractivity contribution is 0.0662. The number of aromatic nitrogens is 3. The number of oxazole rings is 1. The van der Waals surface area contributed by atoms with Crippen molar-refractivity contribution in [2.75, 3.05) is 50.0 Å². The summed E-state index contributed by atoms with van der Waals surface area (Å²) in [6.07, 6.45) is 0.